The Labute approximate surface area is 91.2 Å². The van der Waals surface area contributed by atoms with Crippen molar-refractivity contribution in [2.24, 2.45) is 0 Å². The summed E-state index contributed by atoms with van der Waals surface area (Å²) >= 11 is 0. The predicted octanol–water partition coefficient (Wildman–Crippen LogP) is 1.42. The number of H-pyrrole nitrogens is 1. The maximum Gasteiger partial charge on any atom is 0.178 e. The molecule has 1 N–H and O–H groups in total. The molecule has 0 spiro atoms. The van der Waals surface area contributed by atoms with Crippen LogP contribution in [0.2, 0.25) is 0 Å². The Morgan fingerprint density at radius 1 is 1.40 bits per heavy atom. The number of hydrogen-bond donors (Lipinski definition) is 1. The minimum absolute atomic E-state index is 0.473. The Balaban J connectivity index is 0.000000531. The van der Waals surface area contributed by atoms with Crippen molar-refractivity contribution in [1.82, 2.24) is 25.5 Å². The van der Waals surface area contributed by atoms with E-state index in [0.29, 0.717) is 12.0 Å². The first kappa shape index (κ1) is 12.1. The van der Waals surface area contributed by atoms with Crippen LogP contribution in [0, 0.1) is 0 Å². The Morgan fingerprint density at radius 2 is 2.13 bits per heavy atom. The third-order valence-electron chi connectivity index (χ3n) is 2.68. The van der Waals surface area contributed by atoms with Gasteiger partial charge < -0.3 is 4.90 Å². The van der Waals surface area contributed by atoms with Gasteiger partial charge in [0.15, 0.2) is 5.82 Å². The van der Waals surface area contributed by atoms with Crippen LogP contribution in [0.3, 0.4) is 0 Å². The molecular formula is C10H21N5. The van der Waals surface area contributed by atoms with Gasteiger partial charge in [-0.05, 0) is 26.8 Å². The van der Waals surface area contributed by atoms with E-state index in [9.17, 15) is 0 Å². The molecule has 2 heterocycles. The van der Waals surface area contributed by atoms with E-state index in [1.165, 1.54) is 0 Å². The molecule has 0 bridgehead atoms. The van der Waals surface area contributed by atoms with Crippen molar-refractivity contribution < 1.29 is 0 Å². The fraction of sp³-hybridized carbons (Fsp3) is 0.900. The van der Waals surface area contributed by atoms with Crippen LogP contribution in [0.5, 0.6) is 0 Å². The lowest BCUT2D eigenvalue weighted by Crippen LogP contribution is -2.28. The molecule has 5 heteroatoms. The van der Waals surface area contributed by atoms with Crippen molar-refractivity contribution >= 4 is 0 Å². The number of aromatic nitrogens is 4. The van der Waals surface area contributed by atoms with Crippen molar-refractivity contribution in [3.05, 3.63) is 5.82 Å². The molecule has 15 heavy (non-hydrogen) atoms. The fourth-order valence-corrected chi connectivity index (χ4v) is 1.81. The van der Waals surface area contributed by atoms with E-state index >= 15 is 0 Å². The Bertz CT molecular complexity index is 257. The molecule has 0 radical (unpaired) electrons. The number of nitrogens with zero attached hydrogens (tertiary/aromatic N) is 4. The van der Waals surface area contributed by atoms with Crippen molar-refractivity contribution in [3.63, 3.8) is 0 Å². The minimum Gasteiger partial charge on any atom is -0.300 e. The van der Waals surface area contributed by atoms with Crippen LogP contribution in [0.1, 0.15) is 45.9 Å². The fourth-order valence-electron chi connectivity index (χ4n) is 1.81. The summed E-state index contributed by atoms with van der Waals surface area (Å²) in [4.78, 5) is 2.45. The molecule has 1 aliphatic heterocycles. The highest BCUT2D eigenvalue weighted by Crippen LogP contribution is 2.24. The topological polar surface area (TPSA) is 57.7 Å². The average Bonchev–Trinajstić information content (AvgIpc) is 2.91. The van der Waals surface area contributed by atoms with Gasteiger partial charge in [-0.15, -0.1) is 10.2 Å². The van der Waals surface area contributed by atoms with Gasteiger partial charge in [0, 0.05) is 18.5 Å². The molecule has 2 rings (SSSR count). The second kappa shape index (κ2) is 5.80. The Hall–Kier alpha value is -0.970. The van der Waals surface area contributed by atoms with Gasteiger partial charge in [0.05, 0.1) is 0 Å². The van der Waals surface area contributed by atoms with Crippen molar-refractivity contribution in [3.8, 4) is 0 Å². The molecule has 5 nitrogen and oxygen atoms in total. The standard InChI is InChI=1S/C8H15N5.C2H6/c1-6(2)13-4-3-7(5-13)8-9-11-12-10-8;1-2/h6-7H,3-5H2,1-2H3,(H,9,10,11,12);1-2H3. The summed E-state index contributed by atoms with van der Waals surface area (Å²) in [5.41, 5.74) is 0. The SMILES string of the molecule is CC.CC(C)N1CCC(c2nn[nH]n2)C1. The largest absolute Gasteiger partial charge is 0.300 e. The molecule has 1 saturated heterocycles. The van der Waals surface area contributed by atoms with E-state index < -0.39 is 0 Å². The Kier molecular flexibility index (Phi) is 4.68. The summed E-state index contributed by atoms with van der Waals surface area (Å²) in [5.74, 6) is 1.34. The molecule has 0 aliphatic carbocycles. The maximum absolute atomic E-state index is 4.02. The number of nitrogens with one attached hydrogen (secondary N) is 1. The van der Waals surface area contributed by atoms with E-state index in [2.05, 4.69) is 39.4 Å². The molecule has 86 valence electrons. The highest BCUT2D eigenvalue weighted by atomic mass is 15.5. The van der Waals surface area contributed by atoms with E-state index in [-0.39, 0.29) is 0 Å². The zero-order valence-corrected chi connectivity index (χ0v) is 10.1. The third-order valence-corrected chi connectivity index (χ3v) is 2.68. The van der Waals surface area contributed by atoms with E-state index in [0.717, 1.165) is 25.3 Å². The van der Waals surface area contributed by atoms with Gasteiger partial charge >= 0.3 is 0 Å². The van der Waals surface area contributed by atoms with Gasteiger partial charge in [-0.25, -0.2) is 0 Å². The van der Waals surface area contributed by atoms with Crippen LogP contribution >= 0.6 is 0 Å². The smallest absolute Gasteiger partial charge is 0.178 e. The lowest BCUT2D eigenvalue weighted by Gasteiger charge is -2.19. The average molecular weight is 211 g/mol. The minimum atomic E-state index is 0.473. The molecule has 0 aromatic carbocycles. The van der Waals surface area contributed by atoms with E-state index in [1.54, 1.807) is 0 Å². The van der Waals surface area contributed by atoms with Crippen LogP contribution in [0.4, 0.5) is 0 Å². The molecule has 1 aliphatic rings. The van der Waals surface area contributed by atoms with Gasteiger partial charge in [0.25, 0.3) is 0 Å². The summed E-state index contributed by atoms with van der Waals surface area (Å²) in [5, 5.41) is 14.1. The molecule has 1 fully saturated rings. The van der Waals surface area contributed by atoms with E-state index in [4.69, 9.17) is 0 Å². The summed E-state index contributed by atoms with van der Waals surface area (Å²) in [6, 6.07) is 0.622. The van der Waals surface area contributed by atoms with Crippen LogP contribution in [-0.4, -0.2) is 44.7 Å². The molecular weight excluding hydrogens is 190 g/mol. The van der Waals surface area contributed by atoms with Gasteiger partial charge in [-0.1, -0.05) is 19.1 Å². The normalized spacial score (nSPS) is 21.5. The second-order valence-electron chi connectivity index (χ2n) is 3.84. The van der Waals surface area contributed by atoms with Crippen LogP contribution in [0.15, 0.2) is 0 Å². The lowest BCUT2D eigenvalue weighted by atomic mass is 10.1. The van der Waals surface area contributed by atoms with Gasteiger partial charge in [0.1, 0.15) is 0 Å². The first-order valence-electron chi connectivity index (χ1n) is 5.74. The van der Waals surface area contributed by atoms with Crippen molar-refractivity contribution in [2.45, 2.75) is 46.1 Å². The highest BCUT2D eigenvalue weighted by Gasteiger charge is 2.27. The number of tetrazole rings is 1. The van der Waals surface area contributed by atoms with Crippen LogP contribution < -0.4 is 0 Å². The summed E-state index contributed by atoms with van der Waals surface area (Å²) in [7, 11) is 0. The first-order chi connectivity index (χ1) is 7.27. The third kappa shape index (κ3) is 2.99. The summed E-state index contributed by atoms with van der Waals surface area (Å²) in [6.45, 7) is 10.7. The molecule has 1 aromatic heterocycles. The Morgan fingerprint density at radius 3 is 2.60 bits per heavy atom. The quantitative estimate of drug-likeness (QED) is 0.804. The van der Waals surface area contributed by atoms with E-state index in [1.807, 2.05) is 13.8 Å². The summed E-state index contributed by atoms with van der Waals surface area (Å²) in [6.07, 6.45) is 1.15. The lowest BCUT2D eigenvalue weighted by molar-refractivity contribution is 0.272. The predicted molar refractivity (Wildman–Crippen MR) is 59.6 cm³/mol. The molecule has 1 unspecified atom stereocenters. The number of rotatable bonds is 2. The van der Waals surface area contributed by atoms with Crippen molar-refractivity contribution in [1.29, 1.82) is 0 Å². The molecule has 0 amide bonds. The molecule has 0 saturated carbocycles. The summed E-state index contributed by atoms with van der Waals surface area (Å²) < 4.78 is 0. The number of likely N-dealkylation sites (tertiary alicyclic amines) is 1. The zero-order chi connectivity index (χ0) is 11.3. The first-order valence-corrected chi connectivity index (χ1v) is 5.74. The van der Waals surface area contributed by atoms with Crippen molar-refractivity contribution in [2.75, 3.05) is 13.1 Å². The maximum atomic E-state index is 4.02. The zero-order valence-electron chi connectivity index (χ0n) is 10.1. The van der Waals surface area contributed by atoms with Gasteiger partial charge in [-0.2, -0.15) is 5.21 Å². The molecule has 1 atom stereocenters. The highest BCUT2D eigenvalue weighted by molar-refractivity contribution is 4.97. The monoisotopic (exact) mass is 211 g/mol. The van der Waals surface area contributed by atoms with Crippen LogP contribution in [0.25, 0.3) is 0 Å². The molecule has 1 aromatic rings. The van der Waals surface area contributed by atoms with Gasteiger partial charge in [-0.3, -0.25) is 0 Å². The van der Waals surface area contributed by atoms with Gasteiger partial charge in [0.2, 0.25) is 0 Å². The number of aromatic amines is 1. The van der Waals surface area contributed by atoms with Crippen LogP contribution in [-0.2, 0) is 0 Å². The second-order valence-corrected chi connectivity index (χ2v) is 3.84. The number of hydrogen-bond acceptors (Lipinski definition) is 4.